The molecule has 17 heavy (non-hydrogen) atoms. The first-order valence-electron chi connectivity index (χ1n) is 6.36. The van der Waals surface area contributed by atoms with Crippen LogP contribution in [0, 0.1) is 0 Å². The number of rotatable bonds is 1. The number of hydrogen-bond donors (Lipinski definition) is 1. The maximum Gasteiger partial charge on any atom is 0.163 e. The molecule has 3 saturated heterocycles. The Labute approximate surface area is 102 Å². The normalized spacial score (nSPS) is 48.5. The third-order valence-electron chi connectivity index (χ3n) is 3.81. The SMILES string of the molecule is CO[C@@H]1CC[C@H]2NC[C@@H]3OC(C)(C)O[C@H]3[C@@H]2O1. The highest BCUT2D eigenvalue weighted by Gasteiger charge is 2.52. The fourth-order valence-corrected chi connectivity index (χ4v) is 3.08. The Morgan fingerprint density at radius 2 is 2.00 bits per heavy atom. The number of hydrogen-bond acceptors (Lipinski definition) is 5. The fourth-order valence-electron chi connectivity index (χ4n) is 3.08. The second kappa shape index (κ2) is 4.17. The molecule has 0 aromatic rings. The van der Waals surface area contributed by atoms with Crippen LogP contribution >= 0.6 is 0 Å². The van der Waals surface area contributed by atoms with Crippen LogP contribution < -0.4 is 5.32 Å². The van der Waals surface area contributed by atoms with E-state index in [0.717, 1.165) is 19.4 Å². The lowest BCUT2D eigenvalue weighted by molar-refractivity contribution is -0.229. The lowest BCUT2D eigenvalue weighted by Crippen LogP contribution is -2.62. The lowest BCUT2D eigenvalue weighted by Gasteiger charge is -2.43. The van der Waals surface area contributed by atoms with Crippen molar-refractivity contribution in [3.05, 3.63) is 0 Å². The summed E-state index contributed by atoms with van der Waals surface area (Å²) in [6.07, 6.45) is 2.04. The van der Waals surface area contributed by atoms with Crippen molar-refractivity contribution in [1.82, 2.24) is 5.32 Å². The molecule has 5 heteroatoms. The van der Waals surface area contributed by atoms with Crippen molar-refractivity contribution < 1.29 is 18.9 Å². The molecule has 98 valence electrons. The van der Waals surface area contributed by atoms with Gasteiger partial charge in [0.15, 0.2) is 12.1 Å². The van der Waals surface area contributed by atoms with Gasteiger partial charge in [-0.05, 0) is 26.7 Å². The highest BCUT2D eigenvalue weighted by Crippen LogP contribution is 2.37. The average molecular weight is 243 g/mol. The minimum atomic E-state index is -0.505. The van der Waals surface area contributed by atoms with Gasteiger partial charge in [0.25, 0.3) is 0 Å². The van der Waals surface area contributed by atoms with Gasteiger partial charge in [0.2, 0.25) is 0 Å². The average Bonchev–Trinajstić information content (AvgIpc) is 2.63. The smallest absolute Gasteiger partial charge is 0.163 e. The van der Waals surface area contributed by atoms with Crippen LogP contribution in [0.2, 0.25) is 0 Å². The molecule has 3 aliphatic rings. The van der Waals surface area contributed by atoms with Crippen LogP contribution in [0.1, 0.15) is 26.7 Å². The molecular formula is C12H21NO4. The van der Waals surface area contributed by atoms with Crippen LogP contribution in [0.4, 0.5) is 0 Å². The number of methoxy groups -OCH3 is 1. The zero-order valence-electron chi connectivity index (χ0n) is 10.6. The minimum Gasteiger partial charge on any atom is -0.356 e. The first-order valence-corrected chi connectivity index (χ1v) is 6.36. The van der Waals surface area contributed by atoms with E-state index in [1.54, 1.807) is 7.11 Å². The predicted molar refractivity (Wildman–Crippen MR) is 60.5 cm³/mol. The van der Waals surface area contributed by atoms with E-state index in [-0.39, 0.29) is 24.6 Å². The number of nitrogens with one attached hydrogen (secondary N) is 1. The van der Waals surface area contributed by atoms with Crippen molar-refractivity contribution in [1.29, 1.82) is 0 Å². The van der Waals surface area contributed by atoms with Crippen LogP contribution in [0.3, 0.4) is 0 Å². The van der Waals surface area contributed by atoms with Crippen molar-refractivity contribution in [3.8, 4) is 0 Å². The quantitative estimate of drug-likeness (QED) is 0.732. The highest BCUT2D eigenvalue weighted by atomic mass is 16.8. The molecule has 3 aliphatic heterocycles. The molecule has 0 radical (unpaired) electrons. The van der Waals surface area contributed by atoms with Crippen LogP contribution in [0.5, 0.6) is 0 Å². The van der Waals surface area contributed by atoms with E-state index in [1.807, 2.05) is 13.8 Å². The molecule has 0 amide bonds. The first-order chi connectivity index (χ1) is 8.09. The fraction of sp³-hybridized carbons (Fsp3) is 1.00. The van der Waals surface area contributed by atoms with Crippen LogP contribution in [0.25, 0.3) is 0 Å². The zero-order valence-corrected chi connectivity index (χ0v) is 10.6. The monoisotopic (exact) mass is 243 g/mol. The van der Waals surface area contributed by atoms with Crippen molar-refractivity contribution in [2.45, 2.75) is 63.1 Å². The molecule has 0 bridgehead atoms. The van der Waals surface area contributed by atoms with E-state index in [1.165, 1.54) is 0 Å². The van der Waals surface area contributed by atoms with Gasteiger partial charge in [-0.3, -0.25) is 0 Å². The summed E-state index contributed by atoms with van der Waals surface area (Å²) in [5.41, 5.74) is 0. The van der Waals surface area contributed by atoms with Gasteiger partial charge in [0.05, 0.1) is 0 Å². The molecule has 3 heterocycles. The second-order valence-corrected chi connectivity index (χ2v) is 5.50. The summed E-state index contributed by atoms with van der Waals surface area (Å²) in [7, 11) is 1.69. The lowest BCUT2D eigenvalue weighted by atomic mass is 9.91. The van der Waals surface area contributed by atoms with Crippen molar-refractivity contribution in [3.63, 3.8) is 0 Å². The first kappa shape index (κ1) is 11.9. The molecule has 0 saturated carbocycles. The Morgan fingerprint density at radius 1 is 1.18 bits per heavy atom. The molecule has 0 aliphatic carbocycles. The molecule has 0 spiro atoms. The van der Waals surface area contributed by atoms with Gasteiger partial charge >= 0.3 is 0 Å². The zero-order chi connectivity index (χ0) is 12.0. The number of piperidine rings is 1. The van der Waals surface area contributed by atoms with Gasteiger partial charge in [-0.1, -0.05) is 0 Å². The molecule has 3 fully saturated rings. The predicted octanol–water partition coefficient (Wildman–Crippen LogP) is 0.630. The number of ether oxygens (including phenoxy) is 4. The minimum absolute atomic E-state index is 0.0224. The molecule has 0 aromatic heterocycles. The van der Waals surface area contributed by atoms with E-state index < -0.39 is 5.79 Å². The second-order valence-electron chi connectivity index (χ2n) is 5.50. The topological polar surface area (TPSA) is 49.0 Å². The molecule has 5 atom stereocenters. The maximum absolute atomic E-state index is 5.97. The van der Waals surface area contributed by atoms with Crippen LogP contribution in [-0.2, 0) is 18.9 Å². The van der Waals surface area contributed by atoms with Gasteiger partial charge in [0, 0.05) is 19.7 Å². The number of fused-ring (bicyclic) bond motifs is 3. The summed E-state index contributed by atoms with van der Waals surface area (Å²) in [5.74, 6) is -0.505. The van der Waals surface area contributed by atoms with E-state index in [2.05, 4.69) is 5.32 Å². The third-order valence-corrected chi connectivity index (χ3v) is 3.81. The summed E-state index contributed by atoms with van der Waals surface area (Å²) in [5, 5.41) is 3.49. The Balaban J connectivity index is 1.75. The molecular weight excluding hydrogens is 222 g/mol. The van der Waals surface area contributed by atoms with Crippen molar-refractivity contribution in [2.75, 3.05) is 13.7 Å². The van der Waals surface area contributed by atoms with E-state index in [4.69, 9.17) is 18.9 Å². The van der Waals surface area contributed by atoms with E-state index >= 15 is 0 Å². The maximum atomic E-state index is 5.97. The van der Waals surface area contributed by atoms with Gasteiger partial charge < -0.3 is 24.3 Å². The standard InChI is InChI=1S/C12H21NO4/c1-12(2)16-8-6-13-7-4-5-9(14-3)15-10(7)11(8)17-12/h7-11,13H,4-6H2,1-3H3/t7-,8+,9+,10-,11-/m1/s1. The van der Waals surface area contributed by atoms with Crippen LogP contribution in [0.15, 0.2) is 0 Å². The summed E-state index contributed by atoms with van der Waals surface area (Å²) in [4.78, 5) is 0. The summed E-state index contributed by atoms with van der Waals surface area (Å²) >= 11 is 0. The van der Waals surface area contributed by atoms with E-state index in [9.17, 15) is 0 Å². The van der Waals surface area contributed by atoms with Gasteiger partial charge in [-0.15, -0.1) is 0 Å². The molecule has 0 aromatic carbocycles. The van der Waals surface area contributed by atoms with Crippen molar-refractivity contribution >= 4 is 0 Å². The van der Waals surface area contributed by atoms with Crippen LogP contribution in [-0.4, -0.2) is 50.1 Å². The van der Waals surface area contributed by atoms with Crippen molar-refractivity contribution in [2.24, 2.45) is 0 Å². The summed E-state index contributed by atoms with van der Waals surface area (Å²) in [6, 6.07) is 0.361. The Morgan fingerprint density at radius 3 is 2.76 bits per heavy atom. The molecule has 3 rings (SSSR count). The Hall–Kier alpha value is -0.200. The highest BCUT2D eigenvalue weighted by molar-refractivity contribution is 5.00. The summed E-state index contributed by atoms with van der Waals surface area (Å²) < 4.78 is 23.1. The Bertz CT molecular complexity index is 296. The van der Waals surface area contributed by atoms with Gasteiger partial charge in [0.1, 0.15) is 18.3 Å². The molecule has 1 N–H and O–H groups in total. The molecule has 0 unspecified atom stereocenters. The summed E-state index contributed by atoms with van der Waals surface area (Å²) in [6.45, 7) is 4.75. The third kappa shape index (κ3) is 2.11. The van der Waals surface area contributed by atoms with Gasteiger partial charge in [-0.2, -0.15) is 0 Å². The Kier molecular flexibility index (Phi) is 2.91. The van der Waals surface area contributed by atoms with Gasteiger partial charge in [-0.25, -0.2) is 0 Å². The largest absolute Gasteiger partial charge is 0.356 e. The van der Waals surface area contributed by atoms with E-state index in [0.29, 0.717) is 6.04 Å². The molecule has 5 nitrogen and oxygen atoms in total.